The molecular weight excluding hydrogens is 594 g/mol. The molecule has 0 aromatic carbocycles. The van der Waals surface area contributed by atoms with Crippen LogP contribution in [0.1, 0.15) is 181 Å². The molecule has 0 aliphatic heterocycles. The minimum absolute atomic E-state index is 0.0430. The molecule has 1 N–H and O–H groups in total. The van der Waals surface area contributed by atoms with Crippen molar-refractivity contribution >= 4 is 17.9 Å². The number of carbonyl (C=O) groups is 3. The van der Waals surface area contributed by atoms with Crippen LogP contribution >= 0.6 is 0 Å². The highest BCUT2D eigenvalue weighted by atomic mass is 16.6. The highest BCUT2D eigenvalue weighted by Crippen LogP contribution is 2.15. The van der Waals surface area contributed by atoms with Gasteiger partial charge in [0.05, 0.1) is 34.4 Å². The van der Waals surface area contributed by atoms with E-state index in [0.717, 1.165) is 38.5 Å². The third-order valence-corrected chi connectivity index (χ3v) is 9.01. The van der Waals surface area contributed by atoms with Gasteiger partial charge in [-0.3, -0.25) is 9.59 Å². The lowest BCUT2D eigenvalue weighted by Crippen LogP contribution is -2.50. The van der Waals surface area contributed by atoms with E-state index in [4.69, 9.17) is 14.2 Å². The van der Waals surface area contributed by atoms with Gasteiger partial charge in [-0.2, -0.15) is 0 Å². The molecule has 0 aliphatic rings. The van der Waals surface area contributed by atoms with Gasteiger partial charge in [0.1, 0.15) is 6.61 Å². The van der Waals surface area contributed by atoms with E-state index in [1.165, 1.54) is 109 Å². The number of hydrogen-bond donors (Lipinski definition) is 1. The van der Waals surface area contributed by atoms with Crippen molar-refractivity contribution in [1.82, 2.24) is 0 Å². The zero-order chi connectivity index (χ0) is 35.0. The van der Waals surface area contributed by atoms with Crippen molar-refractivity contribution in [2.75, 3.05) is 41.0 Å². The molecule has 0 heterocycles. The Morgan fingerprint density at radius 3 is 1.32 bits per heavy atom. The minimum Gasteiger partial charge on any atom is -0.477 e. The summed E-state index contributed by atoms with van der Waals surface area (Å²) in [5, 5.41) is 9.57. The van der Waals surface area contributed by atoms with Crippen molar-refractivity contribution in [3.05, 3.63) is 0 Å². The average molecular weight is 671 g/mol. The van der Waals surface area contributed by atoms with E-state index in [1.807, 2.05) is 21.1 Å². The first-order valence-electron chi connectivity index (χ1n) is 19.6. The molecule has 0 aliphatic carbocycles. The third-order valence-electron chi connectivity index (χ3n) is 9.01. The van der Waals surface area contributed by atoms with Gasteiger partial charge in [0.15, 0.2) is 12.1 Å². The summed E-state index contributed by atoms with van der Waals surface area (Å²) >= 11 is 0. The molecule has 0 aromatic rings. The second-order valence-electron chi connectivity index (χ2n) is 14.6. The van der Waals surface area contributed by atoms with Crippen LogP contribution in [-0.4, -0.2) is 80.6 Å². The number of esters is 2. The van der Waals surface area contributed by atoms with Gasteiger partial charge in [0, 0.05) is 19.3 Å². The van der Waals surface area contributed by atoms with Crippen molar-refractivity contribution < 1.29 is 38.2 Å². The number of rotatable bonds is 35. The van der Waals surface area contributed by atoms with Crippen LogP contribution in [-0.2, 0) is 28.6 Å². The van der Waals surface area contributed by atoms with Crippen LogP contribution in [0.25, 0.3) is 0 Å². The fourth-order valence-electron chi connectivity index (χ4n) is 5.91. The molecule has 2 atom stereocenters. The van der Waals surface area contributed by atoms with Crippen molar-refractivity contribution in [3.63, 3.8) is 0 Å². The molecule has 47 heavy (non-hydrogen) atoms. The number of quaternary nitrogens is 1. The Bertz CT molecular complexity index is 752. The molecular formula is C39H76NO7+. The Kier molecular flexibility index (Phi) is 30.5. The standard InChI is InChI=1S/C39H75NO7/c1-6-8-10-12-14-16-17-18-19-20-22-23-25-27-29-37(41)46-34-35(33-45-32-31-36(39(43)44)40(3,4)5)47-38(42)30-28-26-24-21-15-13-11-9-7-2/h35-36H,6-34H2,1-5H3/p+1. The number of aliphatic carboxylic acids is 1. The van der Waals surface area contributed by atoms with Gasteiger partial charge in [-0.15, -0.1) is 0 Å². The predicted octanol–water partition coefficient (Wildman–Crippen LogP) is 9.80. The number of carboxylic acids is 1. The largest absolute Gasteiger partial charge is 0.477 e. The molecule has 0 rings (SSSR count). The van der Waals surface area contributed by atoms with E-state index < -0.39 is 18.1 Å². The Morgan fingerprint density at radius 1 is 0.553 bits per heavy atom. The Labute approximate surface area is 289 Å². The minimum atomic E-state index is -0.873. The lowest BCUT2D eigenvalue weighted by atomic mass is 10.0. The van der Waals surface area contributed by atoms with Crippen LogP contribution in [0, 0.1) is 0 Å². The Morgan fingerprint density at radius 2 is 0.936 bits per heavy atom. The van der Waals surface area contributed by atoms with Gasteiger partial charge < -0.3 is 23.8 Å². The van der Waals surface area contributed by atoms with Crippen LogP contribution in [0.2, 0.25) is 0 Å². The fraction of sp³-hybridized carbons (Fsp3) is 0.923. The molecule has 8 nitrogen and oxygen atoms in total. The number of likely N-dealkylation sites (N-methyl/N-ethyl adjacent to an activating group) is 1. The SMILES string of the molecule is CCCCCCCCCCCCCCCCC(=O)OCC(COCCC(C(=O)O)[N+](C)(C)C)OC(=O)CCCCCCCCCCC. The molecule has 0 spiro atoms. The van der Waals surface area contributed by atoms with E-state index in [-0.39, 0.29) is 36.2 Å². The normalized spacial score (nSPS) is 13.0. The van der Waals surface area contributed by atoms with E-state index >= 15 is 0 Å². The Balaban J connectivity index is 4.34. The third kappa shape index (κ3) is 30.1. The second kappa shape index (κ2) is 31.6. The highest BCUT2D eigenvalue weighted by Gasteiger charge is 2.31. The lowest BCUT2D eigenvalue weighted by Gasteiger charge is -2.31. The van der Waals surface area contributed by atoms with Crippen LogP contribution in [0.3, 0.4) is 0 Å². The Hall–Kier alpha value is -1.67. The lowest BCUT2D eigenvalue weighted by molar-refractivity contribution is -0.887. The molecule has 0 bridgehead atoms. The first-order valence-corrected chi connectivity index (χ1v) is 19.6. The van der Waals surface area contributed by atoms with Crippen LogP contribution in [0.15, 0.2) is 0 Å². The maximum Gasteiger partial charge on any atom is 0.362 e. The molecule has 0 fully saturated rings. The highest BCUT2D eigenvalue weighted by molar-refractivity contribution is 5.72. The molecule has 278 valence electrons. The van der Waals surface area contributed by atoms with Gasteiger partial charge in [0.2, 0.25) is 0 Å². The molecule has 0 aromatic heterocycles. The van der Waals surface area contributed by atoms with Crippen LogP contribution in [0.4, 0.5) is 0 Å². The maximum absolute atomic E-state index is 12.6. The molecule has 0 saturated carbocycles. The molecule has 8 heteroatoms. The summed E-state index contributed by atoms with van der Waals surface area (Å²) in [5.74, 6) is -1.46. The van der Waals surface area contributed by atoms with Gasteiger partial charge in [0.25, 0.3) is 0 Å². The second-order valence-corrected chi connectivity index (χ2v) is 14.6. The van der Waals surface area contributed by atoms with Crippen molar-refractivity contribution in [2.45, 2.75) is 193 Å². The van der Waals surface area contributed by atoms with Crippen molar-refractivity contribution in [2.24, 2.45) is 0 Å². The predicted molar refractivity (Wildman–Crippen MR) is 193 cm³/mol. The van der Waals surface area contributed by atoms with Crippen molar-refractivity contribution in [1.29, 1.82) is 0 Å². The number of ether oxygens (including phenoxy) is 3. The van der Waals surface area contributed by atoms with Crippen LogP contribution < -0.4 is 0 Å². The van der Waals surface area contributed by atoms with E-state index in [0.29, 0.717) is 19.3 Å². The summed E-state index contributed by atoms with van der Waals surface area (Å²) in [6.45, 7) is 4.73. The van der Waals surface area contributed by atoms with Crippen molar-refractivity contribution in [3.8, 4) is 0 Å². The molecule has 0 amide bonds. The maximum atomic E-state index is 12.6. The first kappa shape index (κ1) is 45.3. The quantitative estimate of drug-likeness (QED) is 0.0407. The summed E-state index contributed by atoms with van der Waals surface area (Å²) in [7, 11) is 5.52. The summed E-state index contributed by atoms with van der Waals surface area (Å²) in [4.78, 5) is 36.7. The number of carbonyl (C=O) groups excluding carboxylic acids is 2. The van der Waals surface area contributed by atoms with Gasteiger partial charge in [-0.05, 0) is 12.8 Å². The monoisotopic (exact) mass is 671 g/mol. The molecule has 2 unspecified atom stereocenters. The summed E-state index contributed by atoms with van der Waals surface area (Å²) in [6, 6.07) is -0.606. The summed E-state index contributed by atoms with van der Waals surface area (Å²) in [6.07, 6.45) is 28.5. The molecule has 0 saturated heterocycles. The smallest absolute Gasteiger partial charge is 0.362 e. The van der Waals surface area contributed by atoms with Crippen LogP contribution in [0.5, 0.6) is 0 Å². The number of hydrogen-bond acceptors (Lipinski definition) is 6. The van der Waals surface area contributed by atoms with Gasteiger partial charge in [-0.25, -0.2) is 4.79 Å². The molecule has 0 radical (unpaired) electrons. The van der Waals surface area contributed by atoms with Gasteiger partial charge in [-0.1, -0.05) is 149 Å². The first-order chi connectivity index (χ1) is 22.6. The zero-order valence-electron chi connectivity index (χ0n) is 31.5. The topological polar surface area (TPSA) is 99.1 Å². The fourth-order valence-corrected chi connectivity index (χ4v) is 5.91. The average Bonchev–Trinajstić information content (AvgIpc) is 3.01. The number of unbranched alkanes of at least 4 members (excludes halogenated alkanes) is 21. The summed E-state index contributed by atoms with van der Waals surface area (Å²) in [5.41, 5.74) is 0. The number of carboxylic acid groups (broad SMARTS) is 1. The van der Waals surface area contributed by atoms with E-state index in [9.17, 15) is 19.5 Å². The van der Waals surface area contributed by atoms with E-state index in [2.05, 4.69) is 13.8 Å². The summed E-state index contributed by atoms with van der Waals surface area (Å²) < 4.78 is 17.2. The zero-order valence-corrected chi connectivity index (χ0v) is 31.5. The van der Waals surface area contributed by atoms with Gasteiger partial charge >= 0.3 is 17.9 Å². The number of nitrogens with zero attached hydrogens (tertiary/aromatic N) is 1. The van der Waals surface area contributed by atoms with E-state index in [1.54, 1.807) is 0 Å².